The van der Waals surface area contributed by atoms with Crippen LogP contribution >= 0.6 is 0 Å². The number of rotatable bonds is 2. The van der Waals surface area contributed by atoms with Crippen molar-refractivity contribution in [1.29, 1.82) is 0 Å². The number of aliphatic hydroxyl groups excluding tert-OH is 1. The maximum Gasteiger partial charge on any atom is 0.150 e. The second kappa shape index (κ2) is 3.13. The van der Waals surface area contributed by atoms with E-state index in [2.05, 4.69) is 0 Å². The van der Waals surface area contributed by atoms with Crippen molar-refractivity contribution < 1.29 is 9.90 Å². The molecule has 0 aliphatic carbocycles. The Morgan fingerprint density at radius 3 is 2.30 bits per heavy atom. The van der Waals surface area contributed by atoms with Crippen LogP contribution in [0.2, 0.25) is 0 Å². The maximum absolute atomic E-state index is 10.1. The molecule has 1 aromatic carbocycles. The molecule has 0 aliphatic heterocycles. The number of benzene rings is 1. The molecule has 0 radical (unpaired) electrons. The predicted molar refractivity (Wildman–Crippen MR) is 37.8 cm³/mol. The number of carbonyl (C=O) groups is 1. The van der Waals surface area contributed by atoms with Gasteiger partial charge in [-0.15, -0.1) is 0 Å². The Kier molecular flexibility index (Phi) is 2.18. The molecule has 0 amide bonds. The molecular weight excluding hydrogens is 130 g/mol. The zero-order valence-corrected chi connectivity index (χ0v) is 5.45. The Hall–Kier alpha value is -1.15. The topological polar surface area (TPSA) is 37.3 Å². The number of hydrogen-bond donors (Lipinski definition) is 1. The number of aliphatic hydroxyl groups is 1. The molecule has 0 bridgehead atoms. The third-order valence-corrected chi connectivity index (χ3v) is 1.30. The van der Waals surface area contributed by atoms with Gasteiger partial charge >= 0.3 is 0 Å². The normalized spacial score (nSPS) is 9.30. The summed E-state index contributed by atoms with van der Waals surface area (Å²) in [6, 6.07) is 6.81. The molecule has 0 fully saturated rings. The lowest BCUT2D eigenvalue weighted by molar-refractivity contribution is 0.112. The fraction of sp³-hybridized carbons (Fsp3) is 0.125. The summed E-state index contributed by atoms with van der Waals surface area (Å²) in [4.78, 5) is 10.1. The molecule has 2 nitrogen and oxygen atoms in total. The lowest BCUT2D eigenvalue weighted by atomic mass is 10.2. The van der Waals surface area contributed by atoms with Gasteiger partial charge in [0.05, 0.1) is 6.61 Å². The molecule has 0 spiro atoms. The predicted octanol–water partition coefficient (Wildman–Crippen LogP) is 0.991. The lowest BCUT2D eigenvalue weighted by Crippen LogP contribution is -1.83. The third kappa shape index (κ3) is 1.42. The number of carbonyl (C=O) groups excluding carboxylic acids is 1. The van der Waals surface area contributed by atoms with Gasteiger partial charge in [-0.05, 0) is 5.56 Å². The van der Waals surface area contributed by atoms with Crippen LogP contribution in [0.5, 0.6) is 0 Å². The van der Waals surface area contributed by atoms with Gasteiger partial charge in [0.25, 0.3) is 0 Å². The van der Waals surface area contributed by atoms with Crippen LogP contribution in [-0.4, -0.2) is 11.4 Å². The van der Waals surface area contributed by atoms with Crippen LogP contribution < -0.4 is 0 Å². The van der Waals surface area contributed by atoms with E-state index in [0.717, 1.165) is 11.8 Å². The van der Waals surface area contributed by atoms with Crippen molar-refractivity contribution in [3.8, 4) is 0 Å². The summed E-state index contributed by atoms with van der Waals surface area (Å²) in [6.45, 7) is 0.0269. The Bertz CT molecular complexity index is 213. The summed E-state index contributed by atoms with van der Waals surface area (Å²) in [5.41, 5.74) is 1.46. The smallest absolute Gasteiger partial charge is 0.150 e. The highest BCUT2D eigenvalue weighted by molar-refractivity contribution is 5.74. The molecule has 1 N–H and O–H groups in total. The van der Waals surface area contributed by atoms with Gasteiger partial charge < -0.3 is 5.11 Å². The Balaban J connectivity index is 2.90. The minimum Gasteiger partial charge on any atom is -0.392 e. The average Bonchev–Trinajstić information content (AvgIpc) is 2.05. The van der Waals surface area contributed by atoms with Gasteiger partial charge in [0.2, 0.25) is 0 Å². The molecule has 0 heterocycles. The largest absolute Gasteiger partial charge is 0.392 e. The van der Waals surface area contributed by atoms with Gasteiger partial charge in [-0.1, -0.05) is 24.3 Å². The zero-order chi connectivity index (χ0) is 7.40. The summed E-state index contributed by atoms with van der Waals surface area (Å²) in [6.07, 6.45) is 0.779. The monoisotopic (exact) mass is 138 g/mol. The van der Waals surface area contributed by atoms with E-state index in [1.807, 2.05) is 0 Å². The van der Waals surface area contributed by atoms with Crippen molar-refractivity contribution >= 4 is 6.29 Å². The van der Waals surface area contributed by atoms with Crippen molar-refractivity contribution in [2.45, 2.75) is 6.61 Å². The van der Waals surface area contributed by atoms with Crippen molar-refractivity contribution in [3.05, 3.63) is 35.4 Å². The van der Waals surface area contributed by atoms with Crippen molar-refractivity contribution in [3.63, 3.8) is 0 Å². The van der Waals surface area contributed by atoms with Crippen LogP contribution in [-0.2, 0) is 6.61 Å². The summed E-state index contributed by atoms with van der Waals surface area (Å²) < 4.78 is 0. The first-order valence-corrected chi connectivity index (χ1v) is 3.02. The van der Waals surface area contributed by atoms with E-state index in [-0.39, 0.29) is 6.61 Å². The van der Waals surface area contributed by atoms with Crippen LogP contribution in [0.4, 0.5) is 0 Å². The first-order chi connectivity index (χ1) is 4.86. The number of aldehydes is 1. The molecule has 0 saturated heterocycles. The van der Waals surface area contributed by atoms with Gasteiger partial charge in [0.15, 0.2) is 0 Å². The van der Waals surface area contributed by atoms with E-state index in [1.54, 1.807) is 24.3 Å². The standard InChI is InChI=1S/C8H8O2/c9-5-7-1-2-8(6-10)4-3-7/h1-5,10H,6H2/i9+2. The molecule has 0 aliphatic rings. The van der Waals surface area contributed by atoms with E-state index in [0.29, 0.717) is 5.56 Å². The van der Waals surface area contributed by atoms with E-state index < -0.39 is 0 Å². The quantitative estimate of drug-likeness (QED) is 0.488. The SMILES string of the molecule is OCc1ccc(C=[18O])cc1. The van der Waals surface area contributed by atoms with E-state index in [1.165, 1.54) is 0 Å². The van der Waals surface area contributed by atoms with Gasteiger partial charge in [-0.3, -0.25) is 4.79 Å². The average molecular weight is 138 g/mol. The molecule has 0 saturated carbocycles. The van der Waals surface area contributed by atoms with Gasteiger partial charge in [0.1, 0.15) is 6.29 Å². The minimum atomic E-state index is 0.0269. The van der Waals surface area contributed by atoms with Crippen LogP contribution in [0, 0.1) is 0 Å². The van der Waals surface area contributed by atoms with Crippen molar-refractivity contribution in [2.75, 3.05) is 0 Å². The Morgan fingerprint density at radius 1 is 1.30 bits per heavy atom. The van der Waals surface area contributed by atoms with Crippen LogP contribution in [0.1, 0.15) is 15.9 Å². The molecule has 0 atom stereocenters. The lowest BCUT2D eigenvalue weighted by Gasteiger charge is -1.93. The fourth-order valence-corrected chi connectivity index (χ4v) is 0.702. The zero-order valence-electron chi connectivity index (χ0n) is 5.45. The summed E-state index contributed by atoms with van der Waals surface area (Å²) in [5.74, 6) is 0. The first-order valence-electron chi connectivity index (χ1n) is 3.02. The molecule has 1 aromatic rings. The highest BCUT2D eigenvalue weighted by Crippen LogP contribution is 2.01. The second-order valence-corrected chi connectivity index (χ2v) is 2.02. The number of hydrogen-bond acceptors (Lipinski definition) is 2. The first kappa shape index (κ1) is 6.96. The maximum atomic E-state index is 10.1. The molecule has 1 rings (SSSR count). The highest BCUT2D eigenvalue weighted by Gasteiger charge is 1.89. The summed E-state index contributed by atoms with van der Waals surface area (Å²) in [5, 5.41) is 8.61. The molecule has 2 heteroatoms. The van der Waals surface area contributed by atoms with Crippen LogP contribution in [0.15, 0.2) is 24.3 Å². The van der Waals surface area contributed by atoms with E-state index >= 15 is 0 Å². The van der Waals surface area contributed by atoms with E-state index in [9.17, 15) is 4.79 Å². The van der Waals surface area contributed by atoms with E-state index in [4.69, 9.17) is 5.11 Å². The minimum absolute atomic E-state index is 0.0269. The van der Waals surface area contributed by atoms with Crippen molar-refractivity contribution in [1.82, 2.24) is 0 Å². The molecule has 0 aromatic heterocycles. The molecule has 0 unspecified atom stereocenters. The van der Waals surface area contributed by atoms with Crippen LogP contribution in [0.3, 0.4) is 0 Å². The molecular formula is C8H8O2. The van der Waals surface area contributed by atoms with Gasteiger partial charge in [-0.25, -0.2) is 0 Å². The Labute approximate surface area is 59.1 Å². The van der Waals surface area contributed by atoms with Crippen LogP contribution in [0.25, 0.3) is 0 Å². The molecule has 10 heavy (non-hydrogen) atoms. The third-order valence-electron chi connectivity index (χ3n) is 1.30. The van der Waals surface area contributed by atoms with Crippen molar-refractivity contribution in [2.24, 2.45) is 0 Å². The summed E-state index contributed by atoms with van der Waals surface area (Å²) >= 11 is 0. The highest BCUT2D eigenvalue weighted by atomic mass is 18.1. The molecule has 52 valence electrons. The fourth-order valence-electron chi connectivity index (χ4n) is 0.702. The Morgan fingerprint density at radius 2 is 1.90 bits per heavy atom. The van der Waals surface area contributed by atoms with Gasteiger partial charge in [-0.2, -0.15) is 0 Å². The van der Waals surface area contributed by atoms with Gasteiger partial charge in [0, 0.05) is 5.56 Å². The second-order valence-electron chi connectivity index (χ2n) is 2.02. The summed E-state index contributed by atoms with van der Waals surface area (Å²) in [7, 11) is 0.